The standard InChI is InChI=1S/C24H29ClN2O/c25-21-11-12-23-22(15-21)19(16-26-23)9-4-5-13-27-14-6-10-20(17-27)24(28)18-7-2-1-3-8-18/h1-3,7-8,11-12,15-16,20,24,26,28H,4-6,9-10,13-14,17H2. The Morgan fingerprint density at radius 3 is 2.86 bits per heavy atom. The number of aliphatic hydroxyl groups is 1. The van der Waals surface area contributed by atoms with Crippen molar-refractivity contribution in [3.8, 4) is 0 Å². The number of H-pyrrole nitrogens is 1. The van der Waals surface area contributed by atoms with E-state index in [2.05, 4.69) is 22.1 Å². The normalized spacial score (nSPS) is 19.1. The Labute approximate surface area is 172 Å². The molecule has 0 amide bonds. The minimum absolute atomic E-state index is 0.340. The number of benzene rings is 2. The molecule has 3 nitrogen and oxygen atoms in total. The van der Waals surface area contributed by atoms with Gasteiger partial charge in [-0.2, -0.15) is 0 Å². The van der Waals surface area contributed by atoms with Gasteiger partial charge in [-0.1, -0.05) is 41.9 Å². The summed E-state index contributed by atoms with van der Waals surface area (Å²) in [4.78, 5) is 5.88. The third-order valence-corrected chi connectivity index (χ3v) is 6.26. The molecule has 0 aliphatic carbocycles. The largest absolute Gasteiger partial charge is 0.388 e. The van der Waals surface area contributed by atoms with Gasteiger partial charge in [-0.15, -0.1) is 0 Å². The van der Waals surface area contributed by atoms with Crippen LogP contribution in [0.25, 0.3) is 10.9 Å². The maximum Gasteiger partial charge on any atom is 0.0830 e. The number of nitrogens with zero attached hydrogens (tertiary/aromatic N) is 1. The Balaban J connectivity index is 1.26. The fourth-order valence-electron chi connectivity index (χ4n) is 4.48. The summed E-state index contributed by atoms with van der Waals surface area (Å²) >= 11 is 6.15. The lowest BCUT2D eigenvalue weighted by atomic mass is 9.88. The Bertz CT molecular complexity index is 892. The summed E-state index contributed by atoms with van der Waals surface area (Å²) < 4.78 is 0. The van der Waals surface area contributed by atoms with Gasteiger partial charge in [0.1, 0.15) is 0 Å². The molecule has 2 atom stereocenters. The van der Waals surface area contributed by atoms with Crippen LogP contribution < -0.4 is 0 Å². The average Bonchev–Trinajstić information content (AvgIpc) is 3.13. The zero-order chi connectivity index (χ0) is 19.3. The number of fused-ring (bicyclic) bond motifs is 1. The van der Waals surface area contributed by atoms with Gasteiger partial charge in [-0.3, -0.25) is 0 Å². The SMILES string of the molecule is OC(c1ccccc1)C1CCCN(CCCCc2c[nH]c3ccc(Cl)cc23)C1. The number of hydrogen-bond donors (Lipinski definition) is 2. The third kappa shape index (κ3) is 4.60. The van der Waals surface area contributed by atoms with E-state index in [-0.39, 0.29) is 6.10 Å². The quantitative estimate of drug-likeness (QED) is 0.511. The van der Waals surface area contributed by atoms with Crippen molar-refractivity contribution in [1.29, 1.82) is 0 Å². The lowest BCUT2D eigenvalue weighted by Crippen LogP contribution is -2.38. The first-order valence-corrected chi connectivity index (χ1v) is 10.8. The lowest BCUT2D eigenvalue weighted by Gasteiger charge is -2.35. The number of aromatic amines is 1. The molecule has 2 heterocycles. The summed E-state index contributed by atoms with van der Waals surface area (Å²) in [6.07, 6.45) is 7.49. The molecule has 28 heavy (non-hydrogen) atoms. The Morgan fingerprint density at radius 1 is 1.14 bits per heavy atom. The molecule has 0 bridgehead atoms. The maximum atomic E-state index is 10.7. The smallest absolute Gasteiger partial charge is 0.0830 e. The fourth-order valence-corrected chi connectivity index (χ4v) is 4.65. The summed E-state index contributed by atoms with van der Waals surface area (Å²) in [7, 11) is 0. The molecule has 4 rings (SSSR count). The van der Waals surface area contributed by atoms with Gasteiger partial charge in [-0.25, -0.2) is 0 Å². The summed E-state index contributed by atoms with van der Waals surface area (Å²) in [6, 6.07) is 16.1. The van der Waals surface area contributed by atoms with Crippen LogP contribution in [0.1, 0.15) is 42.9 Å². The number of hydrogen-bond acceptors (Lipinski definition) is 2. The Morgan fingerprint density at radius 2 is 2.00 bits per heavy atom. The Kier molecular flexibility index (Phi) is 6.36. The minimum atomic E-state index is -0.347. The average molecular weight is 397 g/mol. The number of aryl methyl sites for hydroxylation is 1. The van der Waals surface area contributed by atoms with Crippen LogP contribution in [0.5, 0.6) is 0 Å². The second-order valence-corrected chi connectivity index (χ2v) is 8.46. The predicted octanol–water partition coefficient (Wildman–Crippen LogP) is 5.59. The van der Waals surface area contributed by atoms with E-state index in [0.29, 0.717) is 5.92 Å². The number of rotatable bonds is 7. The monoisotopic (exact) mass is 396 g/mol. The van der Waals surface area contributed by atoms with Crippen molar-refractivity contribution >= 4 is 22.5 Å². The number of aromatic nitrogens is 1. The summed E-state index contributed by atoms with van der Waals surface area (Å²) in [6.45, 7) is 3.26. The molecule has 0 spiro atoms. The van der Waals surface area contributed by atoms with Crippen molar-refractivity contribution in [2.45, 2.75) is 38.2 Å². The molecule has 0 radical (unpaired) electrons. The van der Waals surface area contributed by atoms with E-state index in [1.807, 2.05) is 42.5 Å². The molecular weight excluding hydrogens is 368 g/mol. The van der Waals surface area contributed by atoms with Crippen molar-refractivity contribution < 1.29 is 5.11 Å². The van der Waals surface area contributed by atoms with Crippen LogP contribution in [0.15, 0.2) is 54.7 Å². The van der Waals surface area contributed by atoms with Gasteiger partial charge in [0.25, 0.3) is 0 Å². The molecule has 4 heteroatoms. The number of piperidine rings is 1. The summed E-state index contributed by atoms with van der Waals surface area (Å²) in [5.74, 6) is 0.340. The van der Waals surface area contributed by atoms with Gasteiger partial charge < -0.3 is 15.0 Å². The zero-order valence-corrected chi connectivity index (χ0v) is 17.0. The van der Waals surface area contributed by atoms with Crippen LogP contribution in [0.3, 0.4) is 0 Å². The first-order valence-electron chi connectivity index (χ1n) is 10.4. The topological polar surface area (TPSA) is 39.3 Å². The second-order valence-electron chi connectivity index (χ2n) is 8.02. The van der Waals surface area contributed by atoms with E-state index in [0.717, 1.165) is 48.6 Å². The highest BCUT2D eigenvalue weighted by atomic mass is 35.5. The number of nitrogens with one attached hydrogen (secondary N) is 1. The van der Waals surface area contributed by atoms with Crippen LogP contribution in [0.2, 0.25) is 5.02 Å². The van der Waals surface area contributed by atoms with E-state index in [1.54, 1.807) is 0 Å². The van der Waals surface area contributed by atoms with E-state index < -0.39 is 0 Å². The van der Waals surface area contributed by atoms with Gasteiger partial charge in [-0.05, 0) is 74.5 Å². The highest BCUT2D eigenvalue weighted by molar-refractivity contribution is 6.31. The van der Waals surface area contributed by atoms with E-state index in [9.17, 15) is 5.11 Å². The number of aliphatic hydroxyl groups excluding tert-OH is 1. The molecule has 2 unspecified atom stereocenters. The molecule has 1 aliphatic rings. The lowest BCUT2D eigenvalue weighted by molar-refractivity contribution is 0.0498. The maximum absolute atomic E-state index is 10.7. The first-order chi connectivity index (χ1) is 13.7. The van der Waals surface area contributed by atoms with Crippen molar-refractivity contribution in [3.63, 3.8) is 0 Å². The molecule has 2 aromatic carbocycles. The number of halogens is 1. The zero-order valence-electron chi connectivity index (χ0n) is 16.3. The summed E-state index contributed by atoms with van der Waals surface area (Å²) in [5.41, 5.74) is 3.56. The molecule has 2 N–H and O–H groups in total. The van der Waals surface area contributed by atoms with E-state index >= 15 is 0 Å². The molecule has 1 fully saturated rings. The molecule has 1 aliphatic heterocycles. The van der Waals surface area contributed by atoms with Crippen LogP contribution in [-0.2, 0) is 6.42 Å². The molecule has 3 aromatic rings. The van der Waals surface area contributed by atoms with Crippen molar-refractivity contribution in [2.75, 3.05) is 19.6 Å². The fraction of sp³-hybridized carbons (Fsp3) is 0.417. The minimum Gasteiger partial charge on any atom is -0.388 e. The molecule has 1 aromatic heterocycles. The van der Waals surface area contributed by atoms with Crippen molar-refractivity contribution in [1.82, 2.24) is 9.88 Å². The van der Waals surface area contributed by atoms with Crippen LogP contribution >= 0.6 is 11.6 Å². The van der Waals surface area contributed by atoms with Gasteiger partial charge >= 0.3 is 0 Å². The van der Waals surface area contributed by atoms with Gasteiger partial charge in [0, 0.05) is 34.6 Å². The van der Waals surface area contributed by atoms with Gasteiger partial charge in [0.2, 0.25) is 0 Å². The van der Waals surface area contributed by atoms with Crippen molar-refractivity contribution in [2.24, 2.45) is 5.92 Å². The van der Waals surface area contributed by atoms with Crippen molar-refractivity contribution in [3.05, 3.63) is 70.9 Å². The first kappa shape index (κ1) is 19.5. The molecular formula is C24H29ClN2O. The molecule has 148 valence electrons. The summed E-state index contributed by atoms with van der Waals surface area (Å²) in [5, 5.41) is 12.8. The highest BCUT2D eigenvalue weighted by Crippen LogP contribution is 2.30. The van der Waals surface area contributed by atoms with Gasteiger partial charge in [0.05, 0.1) is 6.10 Å². The number of unbranched alkanes of at least 4 members (excludes halogenated alkanes) is 1. The predicted molar refractivity (Wildman–Crippen MR) is 117 cm³/mol. The second kappa shape index (κ2) is 9.13. The van der Waals surface area contributed by atoms with Crippen LogP contribution in [0.4, 0.5) is 0 Å². The van der Waals surface area contributed by atoms with Crippen LogP contribution in [0, 0.1) is 5.92 Å². The number of likely N-dealkylation sites (tertiary alicyclic amines) is 1. The highest BCUT2D eigenvalue weighted by Gasteiger charge is 2.26. The van der Waals surface area contributed by atoms with E-state index in [4.69, 9.17) is 11.6 Å². The Hall–Kier alpha value is -1.81. The van der Waals surface area contributed by atoms with E-state index in [1.165, 1.54) is 30.2 Å². The van der Waals surface area contributed by atoms with Crippen LogP contribution in [-0.4, -0.2) is 34.6 Å². The van der Waals surface area contributed by atoms with Gasteiger partial charge in [0.15, 0.2) is 0 Å². The molecule has 0 saturated carbocycles. The third-order valence-electron chi connectivity index (χ3n) is 6.03. The molecule has 1 saturated heterocycles.